The zero-order valence-electron chi connectivity index (χ0n) is 18.6. The summed E-state index contributed by atoms with van der Waals surface area (Å²) in [6.07, 6.45) is 0.277. The molecule has 0 aliphatic carbocycles. The van der Waals surface area contributed by atoms with E-state index in [4.69, 9.17) is 9.84 Å². The Morgan fingerprint density at radius 2 is 1.61 bits per heavy atom. The molecule has 0 aromatic heterocycles. The van der Waals surface area contributed by atoms with Crippen LogP contribution < -0.4 is 14.4 Å². The number of aliphatic hydroxyl groups is 2. The topological polar surface area (TPSA) is 99.1 Å². The maximum atomic E-state index is 12.8. The first kappa shape index (κ1) is 24.7. The van der Waals surface area contributed by atoms with Gasteiger partial charge in [0, 0.05) is 13.1 Å². The van der Waals surface area contributed by atoms with Gasteiger partial charge < -0.3 is 20.3 Å². The highest BCUT2D eigenvalue weighted by atomic mass is 32.2. The van der Waals surface area contributed by atoms with Gasteiger partial charge >= 0.3 is 0 Å². The number of hydrogen-bond acceptors (Lipinski definition) is 6. The maximum absolute atomic E-state index is 12.8. The lowest BCUT2D eigenvalue weighted by atomic mass is 10.1. The molecule has 0 aliphatic heterocycles. The molecule has 3 aromatic rings. The molecule has 0 saturated carbocycles. The summed E-state index contributed by atoms with van der Waals surface area (Å²) in [5, 5.41) is 22.5. The van der Waals surface area contributed by atoms with Gasteiger partial charge in [-0.05, 0) is 28.8 Å². The molecule has 0 radical (unpaired) electrons. The van der Waals surface area contributed by atoms with Crippen molar-refractivity contribution in [2.45, 2.75) is 19.3 Å². The van der Waals surface area contributed by atoms with Gasteiger partial charge in [0.25, 0.3) is 0 Å². The fourth-order valence-electron chi connectivity index (χ4n) is 3.36. The van der Waals surface area contributed by atoms with Crippen molar-refractivity contribution in [2.75, 3.05) is 30.3 Å². The van der Waals surface area contributed by atoms with E-state index in [1.165, 1.54) is 4.31 Å². The minimum Gasteiger partial charge on any atom is -0.487 e. The largest absolute Gasteiger partial charge is 0.487 e. The van der Waals surface area contributed by atoms with E-state index in [2.05, 4.69) is 5.32 Å². The fourth-order valence-corrected chi connectivity index (χ4v) is 4.24. The molecule has 176 valence electrons. The molecule has 0 aliphatic rings. The second-order valence-electron chi connectivity index (χ2n) is 7.70. The first-order valence-corrected chi connectivity index (χ1v) is 12.6. The van der Waals surface area contributed by atoms with Crippen LogP contribution in [0.4, 0.5) is 5.69 Å². The van der Waals surface area contributed by atoms with Crippen LogP contribution in [0.25, 0.3) is 0 Å². The highest BCUT2D eigenvalue weighted by Crippen LogP contribution is 2.35. The molecule has 0 saturated heterocycles. The molecule has 7 nitrogen and oxygen atoms in total. The van der Waals surface area contributed by atoms with E-state index in [1.807, 2.05) is 60.7 Å². The van der Waals surface area contributed by atoms with Crippen molar-refractivity contribution in [3.8, 4) is 5.75 Å². The van der Waals surface area contributed by atoms with Crippen LogP contribution in [0.1, 0.15) is 22.8 Å². The van der Waals surface area contributed by atoms with E-state index in [0.717, 1.165) is 17.4 Å². The van der Waals surface area contributed by atoms with E-state index < -0.39 is 16.1 Å². The molecular formula is C25H30N2O5S. The van der Waals surface area contributed by atoms with Gasteiger partial charge in [0.15, 0.2) is 0 Å². The highest BCUT2D eigenvalue weighted by molar-refractivity contribution is 7.92. The predicted molar refractivity (Wildman–Crippen MR) is 130 cm³/mol. The average molecular weight is 471 g/mol. The third kappa shape index (κ3) is 7.30. The van der Waals surface area contributed by atoms with Crippen molar-refractivity contribution in [3.63, 3.8) is 0 Å². The first-order valence-electron chi connectivity index (χ1n) is 10.7. The van der Waals surface area contributed by atoms with Crippen LogP contribution in [-0.2, 0) is 23.2 Å². The molecule has 33 heavy (non-hydrogen) atoms. The highest BCUT2D eigenvalue weighted by Gasteiger charge is 2.23. The predicted octanol–water partition coefficient (Wildman–Crippen LogP) is 2.85. The summed E-state index contributed by atoms with van der Waals surface area (Å²) in [5.74, 6) is 0.402. The standard InChI is InChI=1S/C25H30N2O5S/c1-33(30,31)27(18-20-8-4-2-5-9-20)23-16-22(24(29)17-26-14-15-28)12-13-25(23)32-19-21-10-6-3-7-11-21/h2-13,16,24,26,28-29H,14-15,17-19H2,1H3. The molecule has 1 atom stereocenters. The molecule has 3 rings (SSSR count). The van der Waals surface area contributed by atoms with Crippen LogP contribution >= 0.6 is 0 Å². The molecular weight excluding hydrogens is 440 g/mol. The number of nitrogens with zero attached hydrogens (tertiary/aromatic N) is 1. The minimum absolute atomic E-state index is 0.0385. The summed E-state index contributed by atoms with van der Waals surface area (Å²) in [7, 11) is -3.66. The van der Waals surface area contributed by atoms with Gasteiger partial charge in [-0.1, -0.05) is 66.7 Å². The van der Waals surface area contributed by atoms with Gasteiger partial charge in [0.2, 0.25) is 10.0 Å². The Morgan fingerprint density at radius 1 is 0.970 bits per heavy atom. The molecule has 0 heterocycles. The minimum atomic E-state index is -3.66. The number of sulfonamides is 1. The Kier molecular flexibility index (Phi) is 8.85. The number of hydrogen-bond donors (Lipinski definition) is 3. The van der Waals surface area contributed by atoms with Gasteiger partial charge in [-0.25, -0.2) is 8.42 Å². The van der Waals surface area contributed by atoms with Gasteiger partial charge in [0.1, 0.15) is 12.4 Å². The lowest BCUT2D eigenvalue weighted by Crippen LogP contribution is -2.30. The van der Waals surface area contributed by atoms with Crippen LogP contribution in [0.2, 0.25) is 0 Å². The molecule has 3 N–H and O–H groups in total. The number of aliphatic hydroxyl groups excluding tert-OH is 2. The molecule has 0 amide bonds. The van der Waals surface area contributed by atoms with E-state index in [0.29, 0.717) is 23.5 Å². The van der Waals surface area contributed by atoms with Crippen LogP contribution in [0.5, 0.6) is 5.75 Å². The van der Waals surface area contributed by atoms with Crippen molar-refractivity contribution in [3.05, 3.63) is 95.6 Å². The monoisotopic (exact) mass is 470 g/mol. The Balaban J connectivity index is 1.97. The van der Waals surface area contributed by atoms with Crippen LogP contribution in [0.15, 0.2) is 78.9 Å². The quantitative estimate of drug-likeness (QED) is 0.352. The molecule has 3 aromatic carbocycles. The number of rotatable bonds is 12. The molecule has 8 heteroatoms. The number of benzene rings is 3. The van der Waals surface area contributed by atoms with Crippen molar-refractivity contribution < 1.29 is 23.4 Å². The van der Waals surface area contributed by atoms with Crippen LogP contribution in [-0.4, -0.2) is 44.6 Å². The summed E-state index contributed by atoms with van der Waals surface area (Å²) in [6, 6.07) is 24.0. The SMILES string of the molecule is CS(=O)(=O)N(Cc1ccccc1)c1cc(C(O)CNCCO)ccc1OCc1ccccc1. The Labute approximate surface area is 195 Å². The van der Waals surface area contributed by atoms with Crippen molar-refractivity contribution in [1.82, 2.24) is 5.32 Å². The van der Waals surface area contributed by atoms with Gasteiger partial charge in [0.05, 0.1) is 31.2 Å². The van der Waals surface area contributed by atoms with Gasteiger partial charge in [-0.2, -0.15) is 0 Å². The summed E-state index contributed by atoms with van der Waals surface area (Å²) in [5.41, 5.74) is 2.68. The third-order valence-electron chi connectivity index (χ3n) is 5.07. The second kappa shape index (κ2) is 11.8. The zero-order chi connectivity index (χ0) is 23.7. The number of ether oxygens (including phenoxy) is 1. The summed E-state index contributed by atoms with van der Waals surface area (Å²) in [4.78, 5) is 0. The average Bonchev–Trinajstić information content (AvgIpc) is 2.82. The Morgan fingerprint density at radius 3 is 2.21 bits per heavy atom. The van der Waals surface area contributed by atoms with Crippen LogP contribution in [0, 0.1) is 0 Å². The van der Waals surface area contributed by atoms with E-state index in [9.17, 15) is 13.5 Å². The van der Waals surface area contributed by atoms with E-state index >= 15 is 0 Å². The fraction of sp³-hybridized carbons (Fsp3) is 0.280. The molecule has 0 fully saturated rings. The van der Waals surface area contributed by atoms with Crippen molar-refractivity contribution >= 4 is 15.7 Å². The Bertz CT molecular complexity index is 1110. The van der Waals surface area contributed by atoms with Crippen molar-refractivity contribution in [1.29, 1.82) is 0 Å². The van der Waals surface area contributed by atoms with Crippen molar-refractivity contribution in [2.24, 2.45) is 0 Å². The lowest BCUT2D eigenvalue weighted by Gasteiger charge is -2.26. The van der Waals surface area contributed by atoms with E-state index in [1.54, 1.807) is 18.2 Å². The van der Waals surface area contributed by atoms with Gasteiger partial charge in [-0.3, -0.25) is 4.31 Å². The van der Waals surface area contributed by atoms with E-state index in [-0.39, 0.29) is 26.3 Å². The normalized spacial score (nSPS) is 12.3. The summed E-state index contributed by atoms with van der Waals surface area (Å²) < 4.78 is 33.0. The smallest absolute Gasteiger partial charge is 0.232 e. The summed E-state index contributed by atoms with van der Waals surface area (Å²) >= 11 is 0. The third-order valence-corrected chi connectivity index (χ3v) is 6.20. The number of anilines is 1. The maximum Gasteiger partial charge on any atom is 0.232 e. The summed E-state index contributed by atoms with van der Waals surface area (Å²) in [6.45, 7) is 0.941. The molecule has 1 unspecified atom stereocenters. The zero-order valence-corrected chi connectivity index (χ0v) is 19.4. The molecule has 0 bridgehead atoms. The van der Waals surface area contributed by atoms with Crippen LogP contribution in [0.3, 0.4) is 0 Å². The number of nitrogens with one attached hydrogen (secondary N) is 1. The van der Waals surface area contributed by atoms with Gasteiger partial charge in [-0.15, -0.1) is 0 Å². The first-order chi connectivity index (χ1) is 15.9. The lowest BCUT2D eigenvalue weighted by molar-refractivity contribution is 0.171. The second-order valence-corrected chi connectivity index (χ2v) is 9.61. The molecule has 0 spiro atoms. The Hall–Kier alpha value is -2.91.